The van der Waals surface area contributed by atoms with Gasteiger partial charge in [-0.1, -0.05) is 0 Å². The van der Waals surface area contributed by atoms with Crippen LogP contribution < -0.4 is 0 Å². The van der Waals surface area contributed by atoms with Crippen LogP contribution in [0.15, 0.2) is 6.07 Å². The number of carbonyl (C=O) groups is 1. The van der Waals surface area contributed by atoms with Crippen molar-refractivity contribution in [1.29, 1.82) is 5.26 Å². The second-order valence-electron chi connectivity index (χ2n) is 2.84. The van der Waals surface area contributed by atoms with Crippen LogP contribution in [-0.4, -0.2) is 16.1 Å². The molecule has 0 atom stereocenters. The molecule has 0 fully saturated rings. The number of hydrogen-bond acceptors (Lipinski definition) is 3. The van der Waals surface area contributed by atoms with Crippen molar-refractivity contribution in [3.63, 3.8) is 0 Å². The van der Waals surface area contributed by atoms with Gasteiger partial charge in [0.2, 0.25) is 0 Å². The smallest absolute Gasteiger partial charge is 0.308 e. The first-order valence-corrected chi connectivity index (χ1v) is 4.05. The predicted octanol–water partition coefficient (Wildman–Crippen LogP) is 1.66. The Bertz CT molecular complexity index is 469. The number of carboxylic acid groups (broad SMARTS) is 1. The Morgan fingerprint density at radius 3 is 2.69 bits per heavy atom. The molecular weight excluding hydrogens is 225 g/mol. The van der Waals surface area contributed by atoms with Gasteiger partial charge in [-0.15, -0.1) is 0 Å². The fourth-order valence-electron chi connectivity index (χ4n) is 1.08. The molecule has 1 N–H and O–H groups in total. The summed E-state index contributed by atoms with van der Waals surface area (Å²) in [6, 6.07) is 1.82. The van der Waals surface area contributed by atoms with E-state index in [2.05, 4.69) is 4.98 Å². The van der Waals surface area contributed by atoms with Gasteiger partial charge in [0.15, 0.2) is 0 Å². The van der Waals surface area contributed by atoms with E-state index < -0.39 is 41.6 Å². The highest BCUT2D eigenvalue weighted by Crippen LogP contribution is 2.21. The summed E-state index contributed by atoms with van der Waals surface area (Å²) in [6.07, 6.45) is -3.79. The number of aromatic nitrogens is 1. The Morgan fingerprint density at radius 2 is 2.25 bits per heavy atom. The molecule has 0 aliphatic carbocycles. The van der Waals surface area contributed by atoms with Crippen LogP contribution in [0, 0.1) is 17.1 Å². The van der Waals surface area contributed by atoms with Gasteiger partial charge in [-0.05, 0) is 0 Å². The Labute approximate surface area is 88.0 Å². The van der Waals surface area contributed by atoms with Crippen LogP contribution in [0.2, 0.25) is 0 Å². The van der Waals surface area contributed by atoms with E-state index in [4.69, 9.17) is 10.4 Å². The minimum atomic E-state index is -3.01. The summed E-state index contributed by atoms with van der Waals surface area (Å²) < 4.78 is 37.6. The molecule has 0 saturated carbocycles. The minimum Gasteiger partial charge on any atom is -0.481 e. The number of carboxylic acids is 1. The maximum Gasteiger partial charge on any atom is 0.308 e. The van der Waals surface area contributed by atoms with E-state index in [9.17, 15) is 18.0 Å². The van der Waals surface area contributed by atoms with Crippen LogP contribution >= 0.6 is 0 Å². The standard InChI is InChI=1S/C9H5F3N2O2/c10-5-2-6(9(11)12)14-7(3-13)4(5)1-8(15)16/h2,9H,1H2,(H,15,16). The monoisotopic (exact) mass is 230 g/mol. The molecule has 1 heterocycles. The lowest BCUT2D eigenvalue weighted by Gasteiger charge is -2.05. The zero-order valence-electron chi connectivity index (χ0n) is 7.75. The highest BCUT2D eigenvalue weighted by atomic mass is 19.3. The van der Waals surface area contributed by atoms with Crippen LogP contribution in [0.4, 0.5) is 13.2 Å². The van der Waals surface area contributed by atoms with Gasteiger partial charge in [-0.2, -0.15) is 5.26 Å². The Hall–Kier alpha value is -2.10. The first kappa shape index (κ1) is 12.0. The number of alkyl halides is 2. The zero-order valence-corrected chi connectivity index (χ0v) is 7.75. The molecule has 0 aliphatic rings. The lowest BCUT2D eigenvalue weighted by Crippen LogP contribution is -2.08. The normalized spacial score (nSPS) is 10.2. The molecule has 0 radical (unpaired) electrons. The second-order valence-corrected chi connectivity index (χ2v) is 2.84. The van der Waals surface area contributed by atoms with Gasteiger partial charge >= 0.3 is 5.97 Å². The van der Waals surface area contributed by atoms with Crippen molar-refractivity contribution in [1.82, 2.24) is 4.98 Å². The van der Waals surface area contributed by atoms with E-state index in [0.717, 1.165) is 0 Å². The molecule has 16 heavy (non-hydrogen) atoms. The fraction of sp³-hybridized carbons (Fsp3) is 0.222. The highest BCUT2D eigenvalue weighted by molar-refractivity contribution is 5.71. The summed E-state index contributed by atoms with van der Waals surface area (Å²) >= 11 is 0. The molecule has 1 rings (SSSR count). The molecule has 84 valence electrons. The van der Waals surface area contributed by atoms with Crippen LogP contribution in [0.25, 0.3) is 0 Å². The molecule has 0 saturated heterocycles. The van der Waals surface area contributed by atoms with E-state index in [1.54, 1.807) is 0 Å². The van der Waals surface area contributed by atoms with E-state index in [1.165, 1.54) is 6.07 Å². The summed E-state index contributed by atoms with van der Waals surface area (Å²) in [4.78, 5) is 13.5. The summed E-state index contributed by atoms with van der Waals surface area (Å²) in [7, 11) is 0. The van der Waals surface area contributed by atoms with Crippen LogP contribution in [0.3, 0.4) is 0 Å². The lowest BCUT2D eigenvalue weighted by atomic mass is 10.1. The number of halogens is 3. The molecule has 0 spiro atoms. The van der Waals surface area contributed by atoms with Gasteiger partial charge in [0, 0.05) is 11.6 Å². The Kier molecular flexibility index (Phi) is 3.45. The van der Waals surface area contributed by atoms with Crippen LogP contribution in [-0.2, 0) is 11.2 Å². The largest absolute Gasteiger partial charge is 0.481 e. The molecule has 0 aliphatic heterocycles. The molecule has 1 aromatic rings. The molecule has 4 nitrogen and oxygen atoms in total. The van der Waals surface area contributed by atoms with Crippen LogP contribution in [0.5, 0.6) is 0 Å². The molecular formula is C9H5F3N2O2. The topological polar surface area (TPSA) is 74.0 Å². The van der Waals surface area contributed by atoms with Gasteiger partial charge in [-0.25, -0.2) is 18.2 Å². The third-order valence-electron chi connectivity index (χ3n) is 1.75. The number of rotatable bonds is 3. The predicted molar refractivity (Wildman–Crippen MR) is 45.2 cm³/mol. The highest BCUT2D eigenvalue weighted by Gasteiger charge is 2.19. The van der Waals surface area contributed by atoms with Crippen molar-refractivity contribution in [2.45, 2.75) is 12.8 Å². The van der Waals surface area contributed by atoms with Crippen molar-refractivity contribution >= 4 is 5.97 Å². The Morgan fingerprint density at radius 1 is 1.62 bits per heavy atom. The summed E-state index contributed by atoms with van der Waals surface area (Å²) in [6.45, 7) is 0. The van der Waals surface area contributed by atoms with E-state index in [1.807, 2.05) is 0 Å². The van der Waals surface area contributed by atoms with E-state index in [0.29, 0.717) is 6.07 Å². The van der Waals surface area contributed by atoms with Gasteiger partial charge < -0.3 is 5.11 Å². The molecule has 7 heteroatoms. The fourth-order valence-corrected chi connectivity index (χ4v) is 1.08. The first-order valence-electron chi connectivity index (χ1n) is 4.05. The molecule has 0 amide bonds. The van der Waals surface area contributed by atoms with Gasteiger partial charge in [0.1, 0.15) is 23.3 Å². The number of aliphatic carboxylic acids is 1. The van der Waals surface area contributed by atoms with Gasteiger partial charge in [0.25, 0.3) is 6.43 Å². The lowest BCUT2D eigenvalue weighted by molar-refractivity contribution is -0.136. The van der Waals surface area contributed by atoms with Gasteiger partial charge in [0.05, 0.1) is 6.42 Å². The third-order valence-corrected chi connectivity index (χ3v) is 1.75. The number of hydrogen-bond donors (Lipinski definition) is 1. The summed E-state index contributed by atoms with van der Waals surface area (Å²) in [5.41, 5.74) is -2.00. The van der Waals surface area contributed by atoms with Crippen molar-refractivity contribution in [3.8, 4) is 6.07 Å². The maximum absolute atomic E-state index is 13.2. The quantitative estimate of drug-likeness (QED) is 0.856. The third kappa shape index (κ3) is 2.48. The summed E-state index contributed by atoms with van der Waals surface area (Å²) in [5.74, 6) is -2.54. The second kappa shape index (κ2) is 4.61. The average molecular weight is 230 g/mol. The number of pyridine rings is 1. The molecule has 0 aromatic carbocycles. The van der Waals surface area contributed by atoms with Crippen molar-refractivity contribution < 1.29 is 23.1 Å². The molecule has 1 aromatic heterocycles. The average Bonchev–Trinajstić information content (AvgIpc) is 2.19. The minimum absolute atomic E-state index is 0.434. The molecule has 0 unspecified atom stereocenters. The SMILES string of the molecule is N#Cc1nc(C(F)F)cc(F)c1CC(=O)O. The molecule has 0 bridgehead atoms. The number of nitriles is 1. The zero-order chi connectivity index (χ0) is 12.3. The number of nitrogens with zero attached hydrogens (tertiary/aromatic N) is 2. The first-order chi connectivity index (χ1) is 7.45. The van der Waals surface area contributed by atoms with Crippen molar-refractivity contribution in [2.24, 2.45) is 0 Å². The van der Waals surface area contributed by atoms with Crippen molar-refractivity contribution in [2.75, 3.05) is 0 Å². The van der Waals surface area contributed by atoms with Crippen LogP contribution in [0.1, 0.15) is 23.4 Å². The Balaban J connectivity index is 3.30. The van der Waals surface area contributed by atoms with Gasteiger partial charge in [-0.3, -0.25) is 4.79 Å². The summed E-state index contributed by atoms with van der Waals surface area (Å²) in [5, 5.41) is 17.0. The van der Waals surface area contributed by atoms with E-state index in [-0.39, 0.29) is 0 Å². The van der Waals surface area contributed by atoms with E-state index >= 15 is 0 Å². The maximum atomic E-state index is 13.2. The van der Waals surface area contributed by atoms with Crippen molar-refractivity contribution in [3.05, 3.63) is 28.8 Å².